The van der Waals surface area contributed by atoms with E-state index in [1.165, 1.54) is 29.0 Å². The number of alkyl halides is 2. The summed E-state index contributed by atoms with van der Waals surface area (Å²) in [5.41, 5.74) is 0.914. The predicted molar refractivity (Wildman–Crippen MR) is 80.8 cm³/mol. The van der Waals surface area contributed by atoms with Crippen LogP contribution in [0.3, 0.4) is 0 Å². The summed E-state index contributed by atoms with van der Waals surface area (Å²) in [5.74, 6) is -0.242. The van der Waals surface area contributed by atoms with Crippen molar-refractivity contribution in [3.05, 3.63) is 64.1 Å². The molecule has 2 aromatic rings. The molecule has 0 unspecified atom stereocenters. The van der Waals surface area contributed by atoms with Crippen LogP contribution in [0.15, 0.2) is 47.4 Å². The Morgan fingerprint density at radius 1 is 1.26 bits per heavy atom. The van der Waals surface area contributed by atoms with Crippen LogP contribution in [-0.2, 0) is 13.5 Å². The zero-order valence-corrected chi connectivity index (χ0v) is 12.5. The van der Waals surface area contributed by atoms with Crippen molar-refractivity contribution in [3.8, 4) is 5.75 Å². The van der Waals surface area contributed by atoms with Crippen LogP contribution < -0.4 is 15.6 Å². The molecule has 0 atom stereocenters. The third kappa shape index (κ3) is 4.91. The van der Waals surface area contributed by atoms with Crippen LogP contribution in [0.1, 0.15) is 15.9 Å². The highest BCUT2D eigenvalue weighted by molar-refractivity contribution is 5.93. The zero-order chi connectivity index (χ0) is 16.8. The molecule has 23 heavy (non-hydrogen) atoms. The molecule has 0 radical (unpaired) electrons. The monoisotopic (exact) mass is 322 g/mol. The molecule has 7 heteroatoms. The Bertz CT molecular complexity index is 727. The molecule has 0 aliphatic rings. The predicted octanol–water partition coefficient (Wildman–Crippen LogP) is 1.96. The normalized spacial score (nSPS) is 10.6. The van der Waals surface area contributed by atoms with Crippen LogP contribution in [-0.4, -0.2) is 23.6 Å². The first-order valence-electron chi connectivity index (χ1n) is 6.94. The minimum atomic E-state index is -2.85. The lowest BCUT2D eigenvalue weighted by Gasteiger charge is -2.07. The number of amides is 1. The van der Waals surface area contributed by atoms with Gasteiger partial charge in [-0.1, -0.05) is 12.1 Å². The molecular weight excluding hydrogens is 306 g/mol. The lowest BCUT2D eigenvalue weighted by Crippen LogP contribution is -2.27. The Labute approximate surface area is 131 Å². The Balaban J connectivity index is 1.85. The van der Waals surface area contributed by atoms with Gasteiger partial charge in [0.1, 0.15) is 5.75 Å². The van der Waals surface area contributed by atoms with E-state index in [1.807, 2.05) is 0 Å². The Morgan fingerprint density at radius 2 is 1.96 bits per heavy atom. The minimum Gasteiger partial charge on any atom is -0.435 e. The average molecular weight is 322 g/mol. The Morgan fingerprint density at radius 3 is 2.57 bits per heavy atom. The van der Waals surface area contributed by atoms with E-state index in [-0.39, 0.29) is 17.2 Å². The number of hydrogen-bond acceptors (Lipinski definition) is 3. The van der Waals surface area contributed by atoms with Crippen LogP contribution in [0.2, 0.25) is 0 Å². The molecule has 1 aromatic carbocycles. The second kappa shape index (κ2) is 7.53. The van der Waals surface area contributed by atoms with E-state index in [2.05, 4.69) is 10.1 Å². The standard InChI is InChI=1S/C16H16F2N2O3/c1-20-9-7-12(10-14(20)21)15(22)19-8-6-11-2-4-13(5-3-11)23-16(17)18/h2-5,7,9-10,16H,6,8H2,1H3,(H,19,22). The van der Waals surface area contributed by atoms with Gasteiger partial charge in [-0.15, -0.1) is 0 Å². The smallest absolute Gasteiger partial charge is 0.387 e. The van der Waals surface area contributed by atoms with Gasteiger partial charge >= 0.3 is 6.61 Å². The van der Waals surface area contributed by atoms with Crippen molar-refractivity contribution >= 4 is 5.91 Å². The van der Waals surface area contributed by atoms with Gasteiger partial charge in [0.2, 0.25) is 0 Å². The van der Waals surface area contributed by atoms with Crippen molar-refractivity contribution in [2.24, 2.45) is 7.05 Å². The SMILES string of the molecule is Cn1ccc(C(=O)NCCc2ccc(OC(F)F)cc2)cc1=O. The summed E-state index contributed by atoms with van der Waals surface area (Å²) in [6, 6.07) is 9.04. The number of benzene rings is 1. The Kier molecular flexibility index (Phi) is 5.46. The maximum atomic E-state index is 12.0. The molecule has 0 fully saturated rings. The summed E-state index contributed by atoms with van der Waals surface area (Å²) >= 11 is 0. The van der Waals surface area contributed by atoms with Crippen molar-refractivity contribution in [1.29, 1.82) is 0 Å². The van der Waals surface area contributed by atoms with Gasteiger partial charge in [0.25, 0.3) is 11.5 Å². The summed E-state index contributed by atoms with van der Waals surface area (Å²) in [4.78, 5) is 23.4. The lowest BCUT2D eigenvalue weighted by molar-refractivity contribution is -0.0498. The van der Waals surface area contributed by atoms with Crippen LogP contribution in [0.5, 0.6) is 5.75 Å². The van der Waals surface area contributed by atoms with Gasteiger partial charge in [-0.05, 0) is 30.2 Å². The molecule has 0 aliphatic heterocycles. The highest BCUT2D eigenvalue weighted by atomic mass is 19.3. The number of carbonyl (C=O) groups excluding carboxylic acids is 1. The second-order valence-corrected chi connectivity index (χ2v) is 4.89. The molecule has 0 spiro atoms. The maximum Gasteiger partial charge on any atom is 0.387 e. The third-order valence-electron chi connectivity index (χ3n) is 3.21. The highest BCUT2D eigenvalue weighted by Crippen LogP contribution is 2.14. The number of nitrogens with one attached hydrogen (secondary N) is 1. The fourth-order valence-electron chi connectivity index (χ4n) is 1.95. The van der Waals surface area contributed by atoms with E-state index in [9.17, 15) is 18.4 Å². The van der Waals surface area contributed by atoms with E-state index in [0.717, 1.165) is 5.56 Å². The molecule has 0 saturated heterocycles. The molecule has 122 valence electrons. The maximum absolute atomic E-state index is 12.0. The molecule has 1 heterocycles. The van der Waals surface area contributed by atoms with Crippen LogP contribution in [0, 0.1) is 0 Å². The molecule has 1 N–H and O–H groups in total. The number of halogens is 2. The quantitative estimate of drug-likeness (QED) is 0.884. The van der Waals surface area contributed by atoms with Crippen molar-refractivity contribution in [2.75, 3.05) is 6.54 Å². The number of aryl methyl sites for hydroxylation is 1. The first-order chi connectivity index (χ1) is 11.0. The molecule has 0 bridgehead atoms. The molecule has 0 aliphatic carbocycles. The number of rotatable bonds is 6. The van der Waals surface area contributed by atoms with Gasteiger partial charge in [-0.2, -0.15) is 8.78 Å². The number of hydrogen-bond donors (Lipinski definition) is 1. The van der Waals surface area contributed by atoms with Gasteiger partial charge in [-0.3, -0.25) is 9.59 Å². The molecule has 1 aromatic heterocycles. The van der Waals surface area contributed by atoms with E-state index in [1.54, 1.807) is 25.2 Å². The van der Waals surface area contributed by atoms with Crippen LogP contribution in [0.4, 0.5) is 8.78 Å². The molecule has 1 amide bonds. The molecule has 5 nitrogen and oxygen atoms in total. The zero-order valence-electron chi connectivity index (χ0n) is 12.5. The average Bonchev–Trinajstić information content (AvgIpc) is 2.51. The van der Waals surface area contributed by atoms with E-state index < -0.39 is 6.61 Å². The number of carbonyl (C=O) groups is 1. The first-order valence-corrected chi connectivity index (χ1v) is 6.94. The van der Waals surface area contributed by atoms with Gasteiger partial charge in [0.15, 0.2) is 0 Å². The van der Waals surface area contributed by atoms with Gasteiger partial charge in [-0.25, -0.2) is 0 Å². The number of aromatic nitrogens is 1. The molecular formula is C16H16F2N2O3. The van der Waals surface area contributed by atoms with E-state index in [0.29, 0.717) is 18.5 Å². The van der Waals surface area contributed by atoms with Gasteiger partial charge in [0, 0.05) is 31.4 Å². The summed E-state index contributed by atoms with van der Waals surface area (Å²) in [5, 5.41) is 2.70. The molecule has 2 rings (SSSR count). The summed E-state index contributed by atoms with van der Waals surface area (Å²) in [7, 11) is 1.60. The number of ether oxygens (including phenoxy) is 1. The molecule has 0 saturated carbocycles. The fourth-order valence-corrected chi connectivity index (χ4v) is 1.95. The minimum absolute atomic E-state index is 0.0907. The van der Waals surface area contributed by atoms with Crippen molar-refractivity contribution in [2.45, 2.75) is 13.0 Å². The van der Waals surface area contributed by atoms with E-state index in [4.69, 9.17) is 0 Å². The largest absolute Gasteiger partial charge is 0.435 e. The highest BCUT2D eigenvalue weighted by Gasteiger charge is 2.07. The first kappa shape index (κ1) is 16.7. The summed E-state index contributed by atoms with van der Waals surface area (Å²) < 4.78 is 29.7. The second-order valence-electron chi connectivity index (χ2n) is 4.89. The van der Waals surface area contributed by atoms with Crippen molar-refractivity contribution in [1.82, 2.24) is 9.88 Å². The van der Waals surface area contributed by atoms with Crippen molar-refractivity contribution in [3.63, 3.8) is 0 Å². The number of nitrogens with zero attached hydrogens (tertiary/aromatic N) is 1. The summed E-state index contributed by atoms with van der Waals surface area (Å²) in [6.45, 7) is -2.48. The van der Waals surface area contributed by atoms with E-state index >= 15 is 0 Å². The number of pyridine rings is 1. The van der Waals surface area contributed by atoms with Crippen LogP contribution in [0.25, 0.3) is 0 Å². The van der Waals surface area contributed by atoms with Gasteiger partial charge in [0.05, 0.1) is 0 Å². The fraction of sp³-hybridized carbons (Fsp3) is 0.250. The van der Waals surface area contributed by atoms with Gasteiger partial charge < -0.3 is 14.6 Å². The summed E-state index contributed by atoms with van der Waals surface area (Å²) in [6.07, 6.45) is 2.06. The topological polar surface area (TPSA) is 60.3 Å². The Hall–Kier alpha value is -2.70. The lowest BCUT2D eigenvalue weighted by atomic mass is 10.1. The van der Waals surface area contributed by atoms with Crippen molar-refractivity contribution < 1.29 is 18.3 Å². The van der Waals surface area contributed by atoms with Crippen LogP contribution >= 0.6 is 0 Å². The third-order valence-corrected chi connectivity index (χ3v) is 3.21.